The SMILES string of the molecule is CC(C)COC(=O)c1cn(-c2ccccc2)nc1-c1ccc(Br)cc1. The molecule has 0 atom stereocenters. The second-order valence-electron chi connectivity index (χ2n) is 6.17. The highest BCUT2D eigenvalue weighted by Gasteiger charge is 2.20. The largest absolute Gasteiger partial charge is 0.462 e. The van der Waals surface area contributed by atoms with E-state index in [1.54, 1.807) is 10.9 Å². The Kier molecular flexibility index (Phi) is 5.34. The number of esters is 1. The first kappa shape index (κ1) is 17.4. The highest BCUT2D eigenvalue weighted by molar-refractivity contribution is 9.10. The molecule has 25 heavy (non-hydrogen) atoms. The summed E-state index contributed by atoms with van der Waals surface area (Å²) in [5.74, 6) is -0.0713. The van der Waals surface area contributed by atoms with E-state index in [0.29, 0.717) is 17.9 Å². The summed E-state index contributed by atoms with van der Waals surface area (Å²) in [7, 11) is 0. The maximum Gasteiger partial charge on any atom is 0.342 e. The van der Waals surface area contributed by atoms with Crippen molar-refractivity contribution in [3.63, 3.8) is 0 Å². The van der Waals surface area contributed by atoms with E-state index < -0.39 is 0 Å². The van der Waals surface area contributed by atoms with Crippen LogP contribution in [0.5, 0.6) is 0 Å². The molecule has 0 radical (unpaired) electrons. The van der Waals surface area contributed by atoms with Gasteiger partial charge < -0.3 is 4.74 Å². The quantitative estimate of drug-likeness (QED) is 0.560. The van der Waals surface area contributed by atoms with Crippen LogP contribution in [0.25, 0.3) is 16.9 Å². The average Bonchev–Trinajstić information content (AvgIpc) is 3.06. The van der Waals surface area contributed by atoms with E-state index in [4.69, 9.17) is 4.74 Å². The van der Waals surface area contributed by atoms with Gasteiger partial charge >= 0.3 is 5.97 Å². The molecule has 1 aromatic heterocycles. The molecule has 5 heteroatoms. The molecule has 0 bridgehead atoms. The number of para-hydroxylation sites is 1. The number of nitrogens with zero attached hydrogens (tertiary/aromatic N) is 2. The molecule has 0 aliphatic heterocycles. The van der Waals surface area contributed by atoms with Gasteiger partial charge in [0.1, 0.15) is 11.3 Å². The van der Waals surface area contributed by atoms with Gasteiger partial charge in [-0.15, -0.1) is 0 Å². The molecule has 0 saturated carbocycles. The number of aromatic nitrogens is 2. The van der Waals surface area contributed by atoms with Crippen LogP contribution in [0.15, 0.2) is 65.3 Å². The van der Waals surface area contributed by atoms with E-state index in [1.807, 2.05) is 68.4 Å². The minimum Gasteiger partial charge on any atom is -0.462 e. The number of rotatable bonds is 5. The summed E-state index contributed by atoms with van der Waals surface area (Å²) in [5.41, 5.74) is 2.84. The topological polar surface area (TPSA) is 44.1 Å². The number of carbonyl (C=O) groups excluding carboxylic acids is 1. The molecule has 4 nitrogen and oxygen atoms in total. The van der Waals surface area contributed by atoms with E-state index in [0.717, 1.165) is 15.7 Å². The Labute approximate surface area is 155 Å². The van der Waals surface area contributed by atoms with Crippen molar-refractivity contribution in [1.82, 2.24) is 9.78 Å². The van der Waals surface area contributed by atoms with Crippen molar-refractivity contribution in [2.24, 2.45) is 5.92 Å². The maximum atomic E-state index is 12.6. The van der Waals surface area contributed by atoms with E-state index in [-0.39, 0.29) is 11.9 Å². The summed E-state index contributed by atoms with van der Waals surface area (Å²) in [4.78, 5) is 12.6. The van der Waals surface area contributed by atoms with Crippen LogP contribution < -0.4 is 0 Å². The summed E-state index contributed by atoms with van der Waals surface area (Å²) in [5, 5.41) is 4.63. The second-order valence-corrected chi connectivity index (χ2v) is 7.09. The zero-order valence-corrected chi connectivity index (χ0v) is 15.7. The van der Waals surface area contributed by atoms with Gasteiger partial charge in [0.2, 0.25) is 0 Å². The smallest absolute Gasteiger partial charge is 0.342 e. The van der Waals surface area contributed by atoms with Crippen LogP contribution >= 0.6 is 15.9 Å². The van der Waals surface area contributed by atoms with Gasteiger partial charge in [0.15, 0.2) is 0 Å². The van der Waals surface area contributed by atoms with Gasteiger partial charge in [-0.2, -0.15) is 5.10 Å². The van der Waals surface area contributed by atoms with E-state index in [1.165, 1.54) is 0 Å². The molecule has 0 aliphatic rings. The second kappa shape index (κ2) is 7.66. The monoisotopic (exact) mass is 398 g/mol. The Morgan fingerprint density at radius 3 is 2.44 bits per heavy atom. The standard InChI is InChI=1S/C20H19BrN2O2/c1-14(2)13-25-20(24)18-12-23(17-6-4-3-5-7-17)22-19(18)15-8-10-16(21)11-9-15/h3-12,14H,13H2,1-2H3. The van der Waals surface area contributed by atoms with Crippen LogP contribution in [-0.4, -0.2) is 22.4 Å². The van der Waals surface area contributed by atoms with Gasteiger partial charge in [0.25, 0.3) is 0 Å². The molecule has 3 aromatic rings. The fourth-order valence-corrected chi connectivity index (χ4v) is 2.64. The Morgan fingerprint density at radius 2 is 1.80 bits per heavy atom. The van der Waals surface area contributed by atoms with E-state index in [9.17, 15) is 4.79 Å². The zero-order valence-electron chi connectivity index (χ0n) is 14.1. The minimum absolute atomic E-state index is 0.282. The number of benzene rings is 2. The number of ether oxygens (including phenoxy) is 1. The third-order valence-electron chi connectivity index (χ3n) is 3.62. The Bertz CT molecular complexity index is 855. The summed E-state index contributed by atoms with van der Waals surface area (Å²) < 4.78 is 8.11. The van der Waals surface area contributed by atoms with Gasteiger partial charge in [0, 0.05) is 16.2 Å². The fraction of sp³-hybridized carbons (Fsp3) is 0.200. The lowest BCUT2D eigenvalue weighted by Crippen LogP contribution is -2.10. The molecule has 3 rings (SSSR count). The van der Waals surface area contributed by atoms with Crippen LogP contribution in [0.3, 0.4) is 0 Å². The molecule has 0 aliphatic carbocycles. The molecule has 2 aromatic carbocycles. The van der Waals surface area contributed by atoms with Crippen molar-refractivity contribution in [2.45, 2.75) is 13.8 Å². The predicted octanol–water partition coefficient (Wildman–Crippen LogP) is 5.11. The normalized spacial score (nSPS) is 10.9. The van der Waals surface area contributed by atoms with E-state index in [2.05, 4.69) is 21.0 Å². The van der Waals surface area contributed by atoms with Crippen LogP contribution in [0.2, 0.25) is 0 Å². The summed E-state index contributed by atoms with van der Waals surface area (Å²) in [6.07, 6.45) is 1.73. The van der Waals surface area contributed by atoms with Crippen molar-refractivity contribution < 1.29 is 9.53 Å². The van der Waals surface area contributed by atoms with E-state index >= 15 is 0 Å². The van der Waals surface area contributed by atoms with Crippen molar-refractivity contribution in [2.75, 3.05) is 6.61 Å². The van der Waals surface area contributed by atoms with Gasteiger partial charge in [-0.3, -0.25) is 0 Å². The fourth-order valence-electron chi connectivity index (χ4n) is 2.38. The lowest BCUT2D eigenvalue weighted by molar-refractivity contribution is 0.0460. The summed E-state index contributed by atoms with van der Waals surface area (Å²) in [6.45, 7) is 4.40. The first-order chi connectivity index (χ1) is 12.0. The van der Waals surface area contributed by atoms with Crippen molar-refractivity contribution in [1.29, 1.82) is 0 Å². The van der Waals surface area contributed by atoms with Crippen LogP contribution in [0.4, 0.5) is 0 Å². The number of hydrogen-bond acceptors (Lipinski definition) is 3. The lowest BCUT2D eigenvalue weighted by Gasteiger charge is -2.07. The molecular formula is C20H19BrN2O2. The van der Waals surface area contributed by atoms with Crippen molar-refractivity contribution >= 4 is 21.9 Å². The molecule has 1 heterocycles. The maximum absolute atomic E-state index is 12.6. The molecule has 0 amide bonds. The van der Waals surface area contributed by atoms with Crippen LogP contribution in [0.1, 0.15) is 24.2 Å². The van der Waals surface area contributed by atoms with Gasteiger partial charge in [-0.1, -0.05) is 60.1 Å². The lowest BCUT2D eigenvalue weighted by atomic mass is 10.1. The van der Waals surface area contributed by atoms with Crippen molar-refractivity contribution in [3.8, 4) is 16.9 Å². The number of carbonyl (C=O) groups is 1. The molecular weight excluding hydrogens is 380 g/mol. The molecule has 0 spiro atoms. The molecule has 0 saturated heterocycles. The van der Waals surface area contributed by atoms with Gasteiger partial charge in [-0.25, -0.2) is 9.48 Å². The number of hydrogen-bond donors (Lipinski definition) is 0. The summed E-state index contributed by atoms with van der Waals surface area (Å²) in [6, 6.07) is 17.4. The van der Waals surface area contributed by atoms with Crippen LogP contribution in [0, 0.1) is 5.92 Å². The third kappa shape index (κ3) is 4.17. The highest BCUT2D eigenvalue weighted by Crippen LogP contribution is 2.26. The Balaban J connectivity index is 2.03. The molecule has 0 unspecified atom stereocenters. The zero-order chi connectivity index (χ0) is 17.8. The minimum atomic E-state index is -0.353. The molecule has 0 fully saturated rings. The van der Waals surface area contributed by atoms with Crippen molar-refractivity contribution in [3.05, 3.63) is 70.8 Å². The first-order valence-electron chi connectivity index (χ1n) is 8.12. The van der Waals surface area contributed by atoms with Gasteiger partial charge in [-0.05, 0) is 30.2 Å². The molecule has 128 valence electrons. The van der Waals surface area contributed by atoms with Gasteiger partial charge in [0.05, 0.1) is 12.3 Å². The first-order valence-corrected chi connectivity index (χ1v) is 8.92. The Morgan fingerprint density at radius 1 is 1.12 bits per heavy atom. The average molecular weight is 399 g/mol. The third-order valence-corrected chi connectivity index (χ3v) is 4.15. The summed E-state index contributed by atoms with van der Waals surface area (Å²) >= 11 is 3.43. The Hall–Kier alpha value is -2.40. The van der Waals surface area contributed by atoms with Crippen LogP contribution in [-0.2, 0) is 4.74 Å². The predicted molar refractivity (Wildman–Crippen MR) is 102 cm³/mol. The molecule has 0 N–H and O–H groups in total. The number of halogens is 1. The highest BCUT2D eigenvalue weighted by atomic mass is 79.9.